The van der Waals surface area contributed by atoms with Crippen molar-refractivity contribution in [1.82, 2.24) is 4.98 Å². The van der Waals surface area contributed by atoms with Crippen molar-refractivity contribution in [3.63, 3.8) is 0 Å². The number of aromatic nitrogens is 1. The molecular weight excluding hydrogens is 353 g/mol. The Kier molecular flexibility index (Phi) is 4.78. The molecular formula is C20H15FNO3S. The van der Waals surface area contributed by atoms with Crippen LogP contribution in [0.1, 0.15) is 5.56 Å². The molecule has 1 aromatic heterocycles. The summed E-state index contributed by atoms with van der Waals surface area (Å²) in [6, 6.07) is 13.8. The van der Waals surface area contributed by atoms with E-state index in [2.05, 4.69) is 4.98 Å². The molecule has 0 aliphatic rings. The summed E-state index contributed by atoms with van der Waals surface area (Å²) in [6.45, 7) is 8.05. The minimum atomic E-state index is -3.30. The van der Waals surface area contributed by atoms with Crippen molar-refractivity contribution in [3.8, 4) is 28.3 Å². The number of halogens is 1. The highest BCUT2D eigenvalue weighted by molar-refractivity contribution is 7.90. The molecule has 3 aromatic rings. The molecule has 0 aliphatic heterocycles. The molecule has 131 valence electrons. The molecule has 0 bridgehead atoms. The fourth-order valence-corrected chi connectivity index (χ4v) is 3.21. The fraction of sp³-hybridized carbons (Fsp3) is 0.100. The maximum Gasteiger partial charge on any atom is 0.217 e. The second-order valence-corrected chi connectivity index (χ2v) is 7.76. The van der Waals surface area contributed by atoms with Crippen LogP contribution in [0, 0.1) is 12.7 Å². The summed E-state index contributed by atoms with van der Waals surface area (Å²) in [6.07, 6.45) is 1.14. The van der Waals surface area contributed by atoms with Gasteiger partial charge in [-0.15, -0.1) is 0 Å². The fourth-order valence-electron chi connectivity index (χ4n) is 2.58. The summed E-state index contributed by atoms with van der Waals surface area (Å²) in [4.78, 5) is 4.59. The van der Waals surface area contributed by atoms with Crippen molar-refractivity contribution in [2.24, 2.45) is 0 Å². The van der Waals surface area contributed by atoms with E-state index in [9.17, 15) is 12.8 Å². The van der Waals surface area contributed by atoms with Crippen molar-refractivity contribution in [2.45, 2.75) is 4.90 Å². The number of hydrogen-bond acceptors (Lipinski definition) is 4. The number of rotatable bonds is 4. The average molecular weight is 368 g/mol. The van der Waals surface area contributed by atoms with Crippen molar-refractivity contribution < 1.29 is 17.5 Å². The lowest BCUT2D eigenvalue weighted by atomic mass is 9.98. The van der Waals surface area contributed by atoms with Gasteiger partial charge in [0.05, 0.1) is 17.7 Å². The number of hydrogen-bond donors (Lipinski definition) is 0. The van der Waals surface area contributed by atoms with Crippen LogP contribution in [0.5, 0.6) is 5.88 Å². The summed E-state index contributed by atoms with van der Waals surface area (Å²) in [5.74, 6) is -0.210. The van der Waals surface area contributed by atoms with Crippen molar-refractivity contribution in [1.29, 1.82) is 0 Å². The molecule has 0 fully saturated rings. The van der Waals surface area contributed by atoms with E-state index in [0.29, 0.717) is 22.4 Å². The monoisotopic (exact) mass is 368 g/mol. The Morgan fingerprint density at radius 1 is 1.00 bits per heavy atom. The minimum absolute atomic E-state index is 0.0977. The maximum absolute atomic E-state index is 13.3. The number of methoxy groups -OCH3 is 1. The molecule has 0 saturated heterocycles. The summed E-state index contributed by atoms with van der Waals surface area (Å²) >= 11 is 0. The van der Waals surface area contributed by atoms with Crippen LogP contribution in [0.15, 0.2) is 59.5 Å². The lowest BCUT2D eigenvalue weighted by Gasteiger charge is -2.13. The van der Waals surface area contributed by atoms with E-state index in [1.54, 1.807) is 30.3 Å². The highest BCUT2D eigenvalue weighted by Crippen LogP contribution is 2.34. The molecule has 0 unspecified atom stereocenters. The maximum atomic E-state index is 13.3. The Labute approximate surface area is 152 Å². The summed E-state index contributed by atoms with van der Waals surface area (Å²) in [5, 5.41) is 0. The van der Waals surface area contributed by atoms with Gasteiger partial charge >= 0.3 is 0 Å². The van der Waals surface area contributed by atoms with Gasteiger partial charge in [0, 0.05) is 29.9 Å². The van der Waals surface area contributed by atoms with Gasteiger partial charge in [0.1, 0.15) is 5.82 Å². The molecule has 6 heteroatoms. The predicted molar refractivity (Wildman–Crippen MR) is 97.1 cm³/mol. The second kappa shape index (κ2) is 6.88. The van der Waals surface area contributed by atoms with Gasteiger partial charge in [-0.05, 0) is 48.0 Å². The first-order chi connectivity index (χ1) is 12.3. The lowest BCUT2D eigenvalue weighted by Crippen LogP contribution is -1.98. The van der Waals surface area contributed by atoms with E-state index in [-0.39, 0.29) is 22.2 Å². The topological polar surface area (TPSA) is 56.3 Å². The van der Waals surface area contributed by atoms with E-state index in [1.807, 2.05) is 0 Å². The molecule has 0 atom stereocenters. The van der Waals surface area contributed by atoms with Crippen LogP contribution >= 0.6 is 0 Å². The Bertz CT molecular complexity index is 1040. The van der Waals surface area contributed by atoms with Crippen molar-refractivity contribution >= 4 is 9.84 Å². The van der Waals surface area contributed by atoms with Crippen molar-refractivity contribution in [3.05, 3.63) is 72.9 Å². The van der Waals surface area contributed by atoms with Gasteiger partial charge in [0.2, 0.25) is 5.88 Å². The zero-order valence-electron chi connectivity index (χ0n) is 14.2. The van der Waals surface area contributed by atoms with E-state index in [1.165, 1.54) is 31.4 Å². The van der Waals surface area contributed by atoms with Gasteiger partial charge < -0.3 is 4.74 Å². The van der Waals surface area contributed by atoms with Crippen molar-refractivity contribution in [2.75, 3.05) is 13.4 Å². The second-order valence-electron chi connectivity index (χ2n) is 5.74. The Morgan fingerprint density at radius 3 is 2.12 bits per heavy atom. The zero-order chi connectivity index (χ0) is 18.9. The summed E-state index contributed by atoms with van der Waals surface area (Å²) in [7, 11) is -1.88. The number of sulfone groups is 1. The third-order valence-electron chi connectivity index (χ3n) is 3.89. The quantitative estimate of drug-likeness (QED) is 0.701. The Morgan fingerprint density at radius 2 is 1.58 bits per heavy atom. The summed E-state index contributed by atoms with van der Waals surface area (Å²) < 4.78 is 41.7. The highest BCUT2D eigenvalue weighted by Gasteiger charge is 2.15. The minimum Gasteiger partial charge on any atom is -0.481 e. The third kappa shape index (κ3) is 3.60. The third-order valence-corrected chi connectivity index (χ3v) is 5.02. The number of ether oxygens (including phenoxy) is 1. The van der Waals surface area contributed by atoms with Crippen LogP contribution < -0.4 is 4.74 Å². The first-order valence-electron chi connectivity index (χ1n) is 7.66. The Balaban J connectivity index is 2.19. The van der Waals surface area contributed by atoms with Crippen LogP contribution in [0.4, 0.5) is 4.39 Å². The highest BCUT2D eigenvalue weighted by atomic mass is 32.2. The molecule has 1 heterocycles. The first-order valence-corrected chi connectivity index (χ1v) is 9.56. The van der Waals surface area contributed by atoms with E-state index >= 15 is 0 Å². The summed E-state index contributed by atoms with van der Waals surface area (Å²) in [5.41, 5.74) is 2.60. The van der Waals surface area contributed by atoms with Crippen LogP contribution in [0.25, 0.3) is 22.4 Å². The SMILES string of the molecule is [C]c1cc(-c2ccc(S(C)(=O)=O)cc2)c(-c2ccc(F)cc2)nc1OC. The number of nitrogens with zero attached hydrogens (tertiary/aromatic N) is 1. The molecule has 0 spiro atoms. The first kappa shape index (κ1) is 18.1. The van der Waals surface area contributed by atoms with Gasteiger partial charge in [-0.3, -0.25) is 0 Å². The van der Waals surface area contributed by atoms with Crippen LogP contribution in [-0.4, -0.2) is 26.8 Å². The zero-order valence-corrected chi connectivity index (χ0v) is 15.0. The molecule has 4 nitrogen and oxygen atoms in total. The van der Waals surface area contributed by atoms with Crippen LogP contribution in [0.2, 0.25) is 0 Å². The molecule has 3 radical (unpaired) electrons. The standard InChI is InChI=1S/C20H15FNO3S/c1-13-12-18(14-6-10-17(11-7-14)26(3,23)24)19(22-20(13)25-2)15-4-8-16(21)9-5-15/h4-12H,2-3H3. The van der Waals surface area contributed by atoms with Gasteiger partial charge in [0.15, 0.2) is 9.84 Å². The molecule has 0 N–H and O–H groups in total. The molecule has 0 amide bonds. The van der Waals surface area contributed by atoms with E-state index in [0.717, 1.165) is 6.26 Å². The van der Waals surface area contributed by atoms with Gasteiger partial charge in [-0.2, -0.15) is 0 Å². The van der Waals surface area contributed by atoms with E-state index < -0.39 is 9.84 Å². The molecule has 26 heavy (non-hydrogen) atoms. The normalized spacial score (nSPS) is 11.4. The van der Waals surface area contributed by atoms with Crippen LogP contribution in [0.3, 0.4) is 0 Å². The molecule has 3 rings (SSSR count). The molecule has 0 aliphatic carbocycles. The largest absolute Gasteiger partial charge is 0.481 e. The van der Waals surface area contributed by atoms with E-state index in [4.69, 9.17) is 11.7 Å². The number of pyridine rings is 1. The van der Waals surface area contributed by atoms with Gasteiger partial charge in [-0.1, -0.05) is 12.1 Å². The smallest absolute Gasteiger partial charge is 0.217 e. The van der Waals surface area contributed by atoms with Gasteiger partial charge in [-0.25, -0.2) is 17.8 Å². The Hall–Kier alpha value is -2.73. The molecule has 0 saturated carbocycles. The molecule has 2 aromatic carbocycles. The predicted octanol–water partition coefficient (Wildman–Crippen LogP) is 3.90. The average Bonchev–Trinajstić information content (AvgIpc) is 2.62. The number of benzene rings is 2. The lowest BCUT2D eigenvalue weighted by molar-refractivity contribution is 0.396. The van der Waals surface area contributed by atoms with Crippen LogP contribution in [-0.2, 0) is 9.84 Å². The van der Waals surface area contributed by atoms with Gasteiger partial charge in [0.25, 0.3) is 0 Å².